The summed E-state index contributed by atoms with van der Waals surface area (Å²) < 4.78 is 10.6. The molecule has 0 saturated heterocycles. The van der Waals surface area contributed by atoms with E-state index in [4.69, 9.17) is 20.0 Å². The number of rotatable bonds is 3. The zero-order valence-electron chi connectivity index (χ0n) is 11.1. The van der Waals surface area contributed by atoms with Gasteiger partial charge in [-0.2, -0.15) is 10.5 Å². The molecule has 0 aromatic heterocycles. The molecule has 0 saturated carbocycles. The van der Waals surface area contributed by atoms with Crippen LogP contribution in [0.3, 0.4) is 0 Å². The van der Waals surface area contributed by atoms with Gasteiger partial charge in [0.1, 0.15) is 12.1 Å². The fourth-order valence-electron chi connectivity index (χ4n) is 2.10. The molecule has 0 fully saturated rings. The van der Waals surface area contributed by atoms with Gasteiger partial charge >= 0.3 is 0 Å². The molecule has 0 spiro atoms. The molecule has 0 bridgehead atoms. The van der Waals surface area contributed by atoms with Crippen LogP contribution in [0.15, 0.2) is 36.4 Å². The van der Waals surface area contributed by atoms with Crippen molar-refractivity contribution < 1.29 is 9.47 Å². The lowest BCUT2D eigenvalue weighted by molar-refractivity contribution is 0.174. The van der Waals surface area contributed by atoms with Crippen molar-refractivity contribution in [3.05, 3.63) is 53.1 Å². The molecule has 0 atom stereocenters. The Kier molecular flexibility index (Phi) is 3.32. The van der Waals surface area contributed by atoms with Crippen LogP contribution < -0.4 is 14.8 Å². The first-order chi connectivity index (χ1) is 10.3. The van der Waals surface area contributed by atoms with E-state index in [1.165, 1.54) is 0 Å². The van der Waals surface area contributed by atoms with Crippen LogP contribution in [-0.4, -0.2) is 6.79 Å². The van der Waals surface area contributed by atoms with Gasteiger partial charge in [-0.15, -0.1) is 0 Å². The van der Waals surface area contributed by atoms with E-state index in [1.807, 2.05) is 30.3 Å². The number of hydrogen-bond acceptors (Lipinski definition) is 5. The fourth-order valence-corrected chi connectivity index (χ4v) is 2.10. The molecule has 1 aliphatic heterocycles. The maximum absolute atomic E-state index is 9.01. The molecule has 0 amide bonds. The molecule has 3 rings (SSSR count). The Morgan fingerprint density at radius 2 is 1.76 bits per heavy atom. The number of nitrogens with one attached hydrogen (secondary N) is 1. The van der Waals surface area contributed by atoms with Gasteiger partial charge in [0.25, 0.3) is 0 Å². The van der Waals surface area contributed by atoms with Gasteiger partial charge in [0.2, 0.25) is 6.79 Å². The van der Waals surface area contributed by atoms with Crippen molar-refractivity contribution in [2.24, 2.45) is 0 Å². The van der Waals surface area contributed by atoms with E-state index in [-0.39, 0.29) is 6.79 Å². The highest BCUT2D eigenvalue weighted by molar-refractivity contribution is 5.56. The van der Waals surface area contributed by atoms with Crippen LogP contribution in [0.25, 0.3) is 0 Å². The van der Waals surface area contributed by atoms with Crippen LogP contribution in [0.5, 0.6) is 11.5 Å². The highest BCUT2D eigenvalue weighted by Gasteiger charge is 2.13. The SMILES string of the molecule is N#Cc1ccc(NCc2ccc3c(c2)OCO3)cc1C#N. The van der Waals surface area contributed by atoms with E-state index in [0.717, 1.165) is 22.7 Å². The summed E-state index contributed by atoms with van der Waals surface area (Å²) >= 11 is 0. The molecule has 1 heterocycles. The van der Waals surface area contributed by atoms with Crippen molar-refractivity contribution in [3.63, 3.8) is 0 Å². The number of fused-ring (bicyclic) bond motifs is 1. The summed E-state index contributed by atoms with van der Waals surface area (Å²) in [7, 11) is 0. The van der Waals surface area contributed by atoms with Crippen molar-refractivity contribution in [2.75, 3.05) is 12.1 Å². The van der Waals surface area contributed by atoms with Gasteiger partial charge in [-0.1, -0.05) is 6.07 Å². The molecule has 102 valence electrons. The van der Waals surface area contributed by atoms with Crippen LogP contribution in [0.1, 0.15) is 16.7 Å². The van der Waals surface area contributed by atoms with Crippen LogP contribution in [0.2, 0.25) is 0 Å². The van der Waals surface area contributed by atoms with E-state index >= 15 is 0 Å². The molecule has 2 aromatic rings. The van der Waals surface area contributed by atoms with Crippen molar-refractivity contribution >= 4 is 5.69 Å². The van der Waals surface area contributed by atoms with Gasteiger partial charge in [0.05, 0.1) is 11.1 Å². The summed E-state index contributed by atoms with van der Waals surface area (Å²) in [5, 5.41) is 21.1. The molecular weight excluding hydrogens is 266 g/mol. The molecule has 2 aromatic carbocycles. The van der Waals surface area contributed by atoms with Gasteiger partial charge in [0.15, 0.2) is 11.5 Å². The fraction of sp³-hybridized carbons (Fsp3) is 0.125. The first kappa shape index (κ1) is 12.8. The summed E-state index contributed by atoms with van der Waals surface area (Å²) in [6.07, 6.45) is 0. The summed E-state index contributed by atoms with van der Waals surface area (Å²) in [5.41, 5.74) is 2.59. The number of ether oxygens (including phenoxy) is 2. The van der Waals surface area contributed by atoms with E-state index < -0.39 is 0 Å². The number of anilines is 1. The minimum atomic E-state index is 0.257. The normalized spacial score (nSPS) is 11.5. The number of hydrogen-bond donors (Lipinski definition) is 1. The number of nitriles is 2. The standard InChI is InChI=1S/C16H11N3O2/c17-7-12-2-3-14(6-13(12)8-18)19-9-11-1-4-15-16(5-11)21-10-20-15/h1-6,19H,9-10H2. The van der Waals surface area contributed by atoms with Gasteiger partial charge in [0, 0.05) is 12.2 Å². The minimum Gasteiger partial charge on any atom is -0.454 e. The Balaban J connectivity index is 1.73. The molecule has 0 aliphatic carbocycles. The largest absolute Gasteiger partial charge is 0.454 e. The second-order valence-corrected chi connectivity index (χ2v) is 4.53. The molecule has 5 heteroatoms. The van der Waals surface area contributed by atoms with Crippen LogP contribution >= 0.6 is 0 Å². The molecule has 0 unspecified atom stereocenters. The second-order valence-electron chi connectivity index (χ2n) is 4.53. The Bertz CT molecular complexity index is 772. The van der Waals surface area contributed by atoms with Crippen LogP contribution in [0.4, 0.5) is 5.69 Å². The van der Waals surface area contributed by atoms with Crippen molar-refractivity contribution in [1.29, 1.82) is 10.5 Å². The third-order valence-electron chi connectivity index (χ3n) is 3.19. The zero-order chi connectivity index (χ0) is 14.7. The van der Waals surface area contributed by atoms with Crippen molar-refractivity contribution in [1.82, 2.24) is 0 Å². The third kappa shape index (κ3) is 2.58. The topological polar surface area (TPSA) is 78.1 Å². The first-order valence-electron chi connectivity index (χ1n) is 6.37. The van der Waals surface area contributed by atoms with Crippen LogP contribution in [0, 0.1) is 22.7 Å². The maximum Gasteiger partial charge on any atom is 0.231 e. The maximum atomic E-state index is 9.01. The van der Waals surface area contributed by atoms with Gasteiger partial charge < -0.3 is 14.8 Å². The minimum absolute atomic E-state index is 0.257. The van der Waals surface area contributed by atoms with Gasteiger partial charge in [-0.3, -0.25) is 0 Å². The second kappa shape index (κ2) is 5.44. The lowest BCUT2D eigenvalue weighted by atomic mass is 10.1. The van der Waals surface area contributed by atoms with Crippen molar-refractivity contribution in [2.45, 2.75) is 6.54 Å². The van der Waals surface area contributed by atoms with Gasteiger partial charge in [-0.25, -0.2) is 0 Å². The lowest BCUT2D eigenvalue weighted by Gasteiger charge is -2.08. The number of benzene rings is 2. The Hall–Kier alpha value is -3.18. The van der Waals surface area contributed by atoms with Crippen molar-refractivity contribution in [3.8, 4) is 23.6 Å². The molecular formula is C16H11N3O2. The molecule has 0 radical (unpaired) electrons. The smallest absolute Gasteiger partial charge is 0.231 e. The van der Waals surface area contributed by atoms with E-state index in [2.05, 4.69) is 5.32 Å². The summed E-state index contributed by atoms with van der Waals surface area (Å²) in [6, 6.07) is 14.9. The Morgan fingerprint density at radius 1 is 0.952 bits per heavy atom. The van der Waals surface area contributed by atoms with Crippen LogP contribution in [-0.2, 0) is 6.54 Å². The highest BCUT2D eigenvalue weighted by Crippen LogP contribution is 2.32. The Labute approximate surface area is 122 Å². The highest BCUT2D eigenvalue weighted by atomic mass is 16.7. The Morgan fingerprint density at radius 3 is 2.57 bits per heavy atom. The summed E-state index contributed by atoms with van der Waals surface area (Å²) in [5.74, 6) is 1.50. The lowest BCUT2D eigenvalue weighted by Crippen LogP contribution is -2.00. The molecule has 5 nitrogen and oxygen atoms in total. The molecule has 21 heavy (non-hydrogen) atoms. The third-order valence-corrected chi connectivity index (χ3v) is 3.19. The van der Waals surface area contributed by atoms with Gasteiger partial charge in [-0.05, 0) is 35.9 Å². The average Bonchev–Trinajstić information content (AvgIpc) is 3.00. The quantitative estimate of drug-likeness (QED) is 0.933. The first-order valence-corrected chi connectivity index (χ1v) is 6.37. The van der Waals surface area contributed by atoms with E-state index in [0.29, 0.717) is 17.7 Å². The monoisotopic (exact) mass is 277 g/mol. The number of nitrogens with zero attached hydrogens (tertiary/aromatic N) is 2. The van der Waals surface area contributed by atoms with E-state index in [9.17, 15) is 0 Å². The average molecular weight is 277 g/mol. The summed E-state index contributed by atoms with van der Waals surface area (Å²) in [6.45, 7) is 0.848. The zero-order valence-corrected chi connectivity index (χ0v) is 11.1. The predicted octanol–water partition coefficient (Wildman–Crippen LogP) is 2.77. The predicted molar refractivity (Wildman–Crippen MR) is 75.8 cm³/mol. The molecule has 1 aliphatic rings. The van der Waals surface area contributed by atoms with E-state index in [1.54, 1.807) is 18.2 Å². The molecule has 1 N–H and O–H groups in total. The summed E-state index contributed by atoms with van der Waals surface area (Å²) in [4.78, 5) is 0.